The highest BCUT2D eigenvalue weighted by Crippen LogP contribution is 2.19. The van der Waals surface area contributed by atoms with E-state index in [1.807, 2.05) is 0 Å². The van der Waals surface area contributed by atoms with Crippen molar-refractivity contribution in [2.24, 2.45) is 5.73 Å². The number of unbranched alkanes of at least 4 members (excludes halogenated alkanes) is 1. The lowest BCUT2D eigenvalue weighted by Gasteiger charge is -2.11. The number of carboxylic acids is 1. The average molecular weight is 258 g/mol. The van der Waals surface area contributed by atoms with E-state index in [9.17, 15) is 14.4 Å². The van der Waals surface area contributed by atoms with Crippen LogP contribution in [0.1, 0.15) is 32.1 Å². The summed E-state index contributed by atoms with van der Waals surface area (Å²) in [5, 5.41) is 11.4. The van der Waals surface area contributed by atoms with Crippen LogP contribution in [0.4, 0.5) is 0 Å². The van der Waals surface area contributed by atoms with E-state index < -0.39 is 18.2 Å². The van der Waals surface area contributed by atoms with Gasteiger partial charge in [-0.2, -0.15) is 0 Å². The average Bonchev–Trinajstić information content (AvgIpc) is 2.77. The Morgan fingerprint density at radius 1 is 1.22 bits per heavy atom. The Hall–Kier alpha value is -1.63. The van der Waals surface area contributed by atoms with Crippen LogP contribution in [0.15, 0.2) is 0 Å². The van der Waals surface area contributed by atoms with E-state index in [0.717, 1.165) is 0 Å². The molecule has 1 fully saturated rings. The lowest BCUT2D eigenvalue weighted by atomic mass is 10.2. The normalized spacial score (nSPS) is 22.7. The number of rotatable bonds is 7. The highest BCUT2D eigenvalue weighted by atomic mass is 16.5. The second kappa shape index (κ2) is 6.95. The molecule has 2 amide bonds. The number of aliphatic carboxylic acids is 1. The van der Waals surface area contributed by atoms with Crippen LogP contribution in [0.5, 0.6) is 0 Å². The Morgan fingerprint density at radius 3 is 2.44 bits per heavy atom. The molecule has 0 aliphatic carbocycles. The Balaban J connectivity index is 2.14. The molecule has 0 unspecified atom stereocenters. The summed E-state index contributed by atoms with van der Waals surface area (Å²) in [6, 6.07) is 0. The minimum absolute atomic E-state index is 0.294. The first kappa shape index (κ1) is 14.4. The molecule has 0 saturated carbocycles. The smallest absolute Gasteiger partial charge is 0.332 e. The number of carbonyl (C=O) groups is 3. The first-order valence-electron chi connectivity index (χ1n) is 5.95. The number of nitrogens with two attached hydrogens (primary N) is 1. The fourth-order valence-electron chi connectivity index (χ4n) is 1.76. The summed E-state index contributed by atoms with van der Waals surface area (Å²) >= 11 is 0. The number of primary amides is 1. The van der Waals surface area contributed by atoms with Crippen molar-refractivity contribution in [1.82, 2.24) is 5.32 Å². The van der Waals surface area contributed by atoms with Gasteiger partial charge < -0.3 is 20.9 Å². The van der Waals surface area contributed by atoms with Crippen molar-refractivity contribution in [3.05, 3.63) is 0 Å². The number of carbonyl (C=O) groups excluding carboxylic acids is 2. The summed E-state index contributed by atoms with van der Waals surface area (Å²) in [5.74, 6) is -1.69. The van der Waals surface area contributed by atoms with Crippen molar-refractivity contribution in [3.63, 3.8) is 0 Å². The molecule has 4 N–H and O–H groups in total. The van der Waals surface area contributed by atoms with Crippen LogP contribution in [0.25, 0.3) is 0 Å². The van der Waals surface area contributed by atoms with Crippen molar-refractivity contribution in [2.45, 2.75) is 44.3 Å². The zero-order valence-corrected chi connectivity index (χ0v) is 10.1. The molecule has 0 aromatic heterocycles. The Kier molecular flexibility index (Phi) is 5.57. The van der Waals surface area contributed by atoms with Crippen molar-refractivity contribution >= 4 is 17.8 Å². The molecule has 1 heterocycles. The van der Waals surface area contributed by atoms with E-state index in [0.29, 0.717) is 38.6 Å². The molecule has 0 spiro atoms. The van der Waals surface area contributed by atoms with Gasteiger partial charge in [0, 0.05) is 13.0 Å². The molecule has 0 radical (unpaired) electrons. The standard InChI is InChI=1S/C11H18N2O5/c12-9(14)3-1-2-6-13-10(15)7-4-5-8(18-7)11(16)17/h7-8H,1-6H2,(H2,12,14)(H,13,15)(H,16,17)/t7-,8+/m0/s1. The van der Waals surface area contributed by atoms with Crippen LogP contribution < -0.4 is 11.1 Å². The molecule has 2 atom stereocenters. The van der Waals surface area contributed by atoms with E-state index >= 15 is 0 Å². The first-order chi connectivity index (χ1) is 8.50. The maximum Gasteiger partial charge on any atom is 0.332 e. The maximum atomic E-state index is 11.6. The number of amides is 2. The van der Waals surface area contributed by atoms with E-state index in [-0.39, 0.29) is 11.8 Å². The van der Waals surface area contributed by atoms with Crippen LogP contribution >= 0.6 is 0 Å². The molecule has 7 nitrogen and oxygen atoms in total. The summed E-state index contributed by atoms with van der Waals surface area (Å²) in [6.45, 7) is 0.434. The van der Waals surface area contributed by atoms with Crippen LogP contribution in [0.3, 0.4) is 0 Å². The van der Waals surface area contributed by atoms with Crippen molar-refractivity contribution in [3.8, 4) is 0 Å². The second-order valence-electron chi connectivity index (χ2n) is 4.24. The number of carboxylic acid groups (broad SMARTS) is 1. The number of hydrogen-bond acceptors (Lipinski definition) is 4. The number of nitrogens with one attached hydrogen (secondary N) is 1. The Bertz CT molecular complexity index is 331. The molecular weight excluding hydrogens is 240 g/mol. The van der Waals surface area contributed by atoms with Gasteiger partial charge in [-0.1, -0.05) is 0 Å². The summed E-state index contributed by atoms with van der Waals surface area (Å²) < 4.78 is 5.09. The fraction of sp³-hybridized carbons (Fsp3) is 0.727. The summed E-state index contributed by atoms with van der Waals surface area (Å²) in [5.41, 5.74) is 4.98. The van der Waals surface area contributed by atoms with Crippen molar-refractivity contribution in [2.75, 3.05) is 6.54 Å². The predicted molar refractivity (Wildman–Crippen MR) is 61.6 cm³/mol. The second-order valence-corrected chi connectivity index (χ2v) is 4.24. The lowest BCUT2D eigenvalue weighted by molar-refractivity contribution is -0.151. The SMILES string of the molecule is NC(=O)CCCCNC(=O)[C@@H]1CC[C@H](C(=O)O)O1. The van der Waals surface area contributed by atoms with E-state index in [1.165, 1.54) is 0 Å². The van der Waals surface area contributed by atoms with Crippen molar-refractivity contribution < 1.29 is 24.2 Å². The Morgan fingerprint density at radius 2 is 1.89 bits per heavy atom. The summed E-state index contributed by atoms with van der Waals surface area (Å²) in [6.07, 6.45) is 0.802. The third-order valence-electron chi connectivity index (χ3n) is 2.74. The molecule has 0 aromatic rings. The molecule has 18 heavy (non-hydrogen) atoms. The predicted octanol–water partition coefficient (Wildman–Crippen LogP) is -0.610. The van der Waals surface area contributed by atoms with Gasteiger partial charge in [-0.05, 0) is 25.7 Å². The molecule has 7 heteroatoms. The monoisotopic (exact) mass is 258 g/mol. The van der Waals surface area contributed by atoms with Gasteiger partial charge in [0.1, 0.15) is 6.10 Å². The highest BCUT2D eigenvalue weighted by molar-refractivity contribution is 5.82. The molecule has 1 rings (SSSR count). The Labute approximate surface area is 105 Å². The molecule has 1 aliphatic rings. The maximum absolute atomic E-state index is 11.6. The van der Waals surface area contributed by atoms with Gasteiger partial charge in [-0.25, -0.2) is 4.79 Å². The number of ether oxygens (including phenoxy) is 1. The quantitative estimate of drug-likeness (QED) is 0.526. The van der Waals surface area contributed by atoms with Gasteiger partial charge in [0.2, 0.25) is 11.8 Å². The molecule has 102 valence electrons. The van der Waals surface area contributed by atoms with Crippen LogP contribution in [-0.2, 0) is 19.1 Å². The molecular formula is C11H18N2O5. The van der Waals surface area contributed by atoms with Gasteiger partial charge in [-0.15, -0.1) is 0 Å². The number of hydrogen-bond donors (Lipinski definition) is 3. The molecule has 1 saturated heterocycles. The van der Waals surface area contributed by atoms with Crippen LogP contribution in [0.2, 0.25) is 0 Å². The fourth-order valence-corrected chi connectivity index (χ4v) is 1.76. The van der Waals surface area contributed by atoms with Gasteiger partial charge >= 0.3 is 5.97 Å². The highest BCUT2D eigenvalue weighted by Gasteiger charge is 2.34. The summed E-state index contributed by atoms with van der Waals surface area (Å²) in [4.78, 5) is 32.7. The van der Waals surface area contributed by atoms with Gasteiger partial charge in [0.25, 0.3) is 0 Å². The van der Waals surface area contributed by atoms with Crippen LogP contribution in [0, 0.1) is 0 Å². The largest absolute Gasteiger partial charge is 0.479 e. The van der Waals surface area contributed by atoms with E-state index in [1.54, 1.807) is 0 Å². The van der Waals surface area contributed by atoms with Crippen LogP contribution in [-0.4, -0.2) is 41.6 Å². The zero-order valence-electron chi connectivity index (χ0n) is 10.1. The minimum atomic E-state index is -1.04. The zero-order chi connectivity index (χ0) is 13.5. The molecule has 0 bridgehead atoms. The summed E-state index contributed by atoms with van der Waals surface area (Å²) in [7, 11) is 0. The topological polar surface area (TPSA) is 119 Å². The minimum Gasteiger partial charge on any atom is -0.479 e. The van der Waals surface area contributed by atoms with Crippen molar-refractivity contribution in [1.29, 1.82) is 0 Å². The van der Waals surface area contributed by atoms with Gasteiger partial charge in [-0.3, -0.25) is 9.59 Å². The molecule has 1 aliphatic heterocycles. The third kappa shape index (κ3) is 4.70. The van der Waals surface area contributed by atoms with E-state index in [4.69, 9.17) is 15.6 Å². The van der Waals surface area contributed by atoms with E-state index in [2.05, 4.69) is 5.32 Å². The van der Waals surface area contributed by atoms with Gasteiger partial charge in [0.15, 0.2) is 6.10 Å². The lowest BCUT2D eigenvalue weighted by Crippen LogP contribution is -2.36. The first-order valence-corrected chi connectivity index (χ1v) is 5.95. The molecule has 0 aromatic carbocycles. The third-order valence-corrected chi connectivity index (χ3v) is 2.74. The van der Waals surface area contributed by atoms with Gasteiger partial charge in [0.05, 0.1) is 0 Å².